The molecule has 1 aliphatic heterocycles. The molecule has 0 saturated heterocycles. The molecule has 0 bridgehead atoms. The van der Waals surface area contributed by atoms with Crippen molar-refractivity contribution in [3.05, 3.63) is 93.8 Å². The number of carbonyl (C=O) groups excluding carboxylic acids is 1. The van der Waals surface area contributed by atoms with Crippen molar-refractivity contribution in [3.8, 4) is 0 Å². The third kappa shape index (κ3) is 4.73. The van der Waals surface area contributed by atoms with Crippen molar-refractivity contribution in [2.45, 2.75) is 31.4 Å². The molecule has 0 N–H and O–H groups in total. The number of aromatic nitrogens is 1. The minimum atomic E-state index is -5.05. The van der Waals surface area contributed by atoms with Crippen molar-refractivity contribution in [2.75, 3.05) is 6.54 Å². The number of hydrogen-bond donors (Lipinski definition) is 0. The number of nitrogens with zero attached hydrogens (tertiary/aromatic N) is 2. The van der Waals surface area contributed by atoms with Gasteiger partial charge in [0.25, 0.3) is 5.91 Å². The standard InChI is InChI=1S/C23H17ClF6N2O/c24-18-5-1-4-14(12-18)20-19-6-2-7-31(19)8-3-9-32(20)21(33)15-10-16(22(25,26)27)13-17(11-15)23(28,29)30/h1-2,4-7,10-13,20H,3,8-9H2. The zero-order valence-corrected chi connectivity index (χ0v) is 17.7. The van der Waals surface area contributed by atoms with Gasteiger partial charge in [-0.2, -0.15) is 26.3 Å². The van der Waals surface area contributed by atoms with Crippen LogP contribution in [0.1, 0.15) is 45.2 Å². The molecule has 1 unspecified atom stereocenters. The molecule has 1 aromatic heterocycles. The quantitative estimate of drug-likeness (QED) is 0.365. The van der Waals surface area contributed by atoms with Crippen LogP contribution in [0.4, 0.5) is 26.3 Å². The third-order valence-electron chi connectivity index (χ3n) is 5.51. The Kier molecular flexibility index (Phi) is 5.94. The number of alkyl halides is 6. The number of hydrogen-bond acceptors (Lipinski definition) is 1. The zero-order valence-electron chi connectivity index (χ0n) is 16.9. The summed E-state index contributed by atoms with van der Waals surface area (Å²) in [6.07, 6.45) is -7.81. The Morgan fingerprint density at radius 1 is 0.879 bits per heavy atom. The van der Waals surface area contributed by atoms with Crippen molar-refractivity contribution in [1.29, 1.82) is 0 Å². The van der Waals surface area contributed by atoms with Crippen molar-refractivity contribution >= 4 is 17.5 Å². The molecule has 4 rings (SSSR count). The van der Waals surface area contributed by atoms with E-state index in [0.717, 1.165) is 0 Å². The summed E-state index contributed by atoms with van der Waals surface area (Å²) < 4.78 is 81.9. The molecule has 3 aromatic rings. The molecule has 1 amide bonds. The van der Waals surface area contributed by atoms with E-state index in [-0.39, 0.29) is 12.6 Å². The van der Waals surface area contributed by atoms with Gasteiger partial charge in [0.1, 0.15) is 0 Å². The third-order valence-corrected chi connectivity index (χ3v) is 5.75. The van der Waals surface area contributed by atoms with E-state index in [0.29, 0.717) is 41.4 Å². The van der Waals surface area contributed by atoms with Gasteiger partial charge in [-0.15, -0.1) is 0 Å². The second-order valence-electron chi connectivity index (χ2n) is 7.73. The number of fused-ring (bicyclic) bond motifs is 1. The molecule has 0 spiro atoms. The van der Waals surface area contributed by atoms with Gasteiger partial charge in [-0.1, -0.05) is 23.7 Å². The van der Waals surface area contributed by atoms with Crippen LogP contribution in [-0.2, 0) is 18.9 Å². The zero-order chi connectivity index (χ0) is 24.0. The smallest absolute Gasteiger partial charge is 0.349 e. The Morgan fingerprint density at radius 3 is 2.15 bits per heavy atom. The largest absolute Gasteiger partial charge is 0.416 e. The minimum absolute atomic E-state index is 0.0127. The van der Waals surface area contributed by atoms with Gasteiger partial charge in [0, 0.05) is 35.6 Å². The van der Waals surface area contributed by atoms with Gasteiger partial charge in [-0.05, 0) is 54.4 Å². The van der Waals surface area contributed by atoms with Crippen LogP contribution in [0.5, 0.6) is 0 Å². The summed E-state index contributed by atoms with van der Waals surface area (Å²) in [5.41, 5.74) is -2.45. The van der Waals surface area contributed by atoms with Crippen LogP contribution in [0.15, 0.2) is 60.8 Å². The van der Waals surface area contributed by atoms with Gasteiger partial charge in [0.05, 0.1) is 17.2 Å². The molecular weight excluding hydrogens is 470 g/mol. The van der Waals surface area contributed by atoms with Crippen molar-refractivity contribution in [3.63, 3.8) is 0 Å². The summed E-state index contributed by atoms with van der Waals surface area (Å²) in [6.45, 7) is 0.675. The van der Waals surface area contributed by atoms with Gasteiger partial charge in [-0.25, -0.2) is 0 Å². The molecule has 174 valence electrons. The molecule has 1 aliphatic rings. The van der Waals surface area contributed by atoms with Crippen LogP contribution in [-0.4, -0.2) is 21.9 Å². The van der Waals surface area contributed by atoms with Gasteiger partial charge < -0.3 is 9.47 Å². The Hall–Kier alpha value is -2.94. The lowest BCUT2D eigenvalue weighted by Crippen LogP contribution is -2.36. The maximum Gasteiger partial charge on any atom is 0.416 e. The average Bonchev–Trinajstić information content (AvgIpc) is 3.11. The lowest BCUT2D eigenvalue weighted by Gasteiger charge is -2.31. The van der Waals surface area contributed by atoms with E-state index < -0.39 is 41.0 Å². The molecule has 1 atom stereocenters. The maximum absolute atomic E-state index is 13.5. The first-order chi connectivity index (χ1) is 15.4. The predicted octanol–water partition coefficient (Wildman–Crippen LogP) is 6.81. The fraction of sp³-hybridized carbons (Fsp3) is 0.261. The first kappa shape index (κ1) is 23.2. The minimum Gasteiger partial charge on any atom is -0.349 e. The van der Waals surface area contributed by atoms with E-state index in [1.165, 1.54) is 4.90 Å². The summed E-state index contributed by atoms with van der Waals surface area (Å²) in [4.78, 5) is 14.8. The lowest BCUT2D eigenvalue weighted by atomic mass is 9.99. The highest BCUT2D eigenvalue weighted by Gasteiger charge is 2.39. The van der Waals surface area contributed by atoms with Gasteiger partial charge in [0.15, 0.2) is 0 Å². The Bertz CT molecular complexity index is 1150. The molecule has 0 aliphatic carbocycles. The summed E-state index contributed by atoms with van der Waals surface area (Å²) in [5.74, 6) is -0.925. The van der Waals surface area contributed by atoms with E-state index in [1.54, 1.807) is 36.4 Å². The Morgan fingerprint density at radius 2 is 1.55 bits per heavy atom. The van der Waals surface area contributed by atoms with Crippen LogP contribution in [0.2, 0.25) is 5.02 Å². The first-order valence-corrected chi connectivity index (χ1v) is 10.3. The number of carbonyl (C=O) groups is 1. The van der Waals surface area contributed by atoms with E-state index in [2.05, 4.69) is 0 Å². The molecule has 0 saturated carbocycles. The second-order valence-corrected chi connectivity index (χ2v) is 8.17. The van der Waals surface area contributed by atoms with Crippen molar-refractivity contribution in [2.24, 2.45) is 0 Å². The van der Waals surface area contributed by atoms with Gasteiger partial charge >= 0.3 is 12.4 Å². The van der Waals surface area contributed by atoms with Gasteiger partial charge in [0.2, 0.25) is 0 Å². The lowest BCUT2D eigenvalue weighted by molar-refractivity contribution is -0.143. The van der Waals surface area contributed by atoms with Crippen molar-refractivity contribution in [1.82, 2.24) is 9.47 Å². The fourth-order valence-corrected chi connectivity index (χ4v) is 4.27. The normalized spacial score (nSPS) is 16.9. The number of amides is 1. The molecule has 33 heavy (non-hydrogen) atoms. The fourth-order valence-electron chi connectivity index (χ4n) is 4.07. The predicted molar refractivity (Wildman–Crippen MR) is 110 cm³/mol. The summed E-state index contributed by atoms with van der Waals surface area (Å²) in [5, 5.41) is 0.390. The number of rotatable bonds is 2. The van der Waals surface area contributed by atoms with Gasteiger partial charge in [-0.3, -0.25) is 4.79 Å². The SMILES string of the molecule is O=C(c1cc(C(F)(F)F)cc(C(F)(F)F)c1)N1CCCn2cccc2C1c1cccc(Cl)c1. The number of benzene rings is 2. The second kappa shape index (κ2) is 8.44. The topological polar surface area (TPSA) is 25.2 Å². The van der Waals surface area contributed by atoms with Crippen LogP contribution in [0.3, 0.4) is 0 Å². The van der Waals surface area contributed by atoms with Crippen LogP contribution < -0.4 is 0 Å². The molecule has 2 aromatic carbocycles. The number of aryl methyl sites for hydroxylation is 1. The molecule has 0 fully saturated rings. The molecule has 3 nitrogen and oxygen atoms in total. The summed E-state index contributed by atoms with van der Waals surface area (Å²) in [7, 11) is 0. The summed E-state index contributed by atoms with van der Waals surface area (Å²) >= 11 is 6.13. The van der Waals surface area contributed by atoms with Crippen molar-refractivity contribution < 1.29 is 31.1 Å². The van der Waals surface area contributed by atoms with E-state index in [9.17, 15) is 31.1 Å². The van der Waals surface area contributed by atoms with E-state index >= 15 is 0 Å². The monoisotopic (exact) mass is 486 g/mol. The van der Waals surface area contributed by atoms with E-state index in [1.807, 2.05) is 10.8 Å². The summed E-state index contributed by atoms with van der Waals surface area (Å²) in [6, 6.07) is 10.4. The molecule has 0 radical (unpaired) electrons. The van der Waals surface area contributed by atoms with Crippen LogP contribution in [0.25, 0.3) is 0 Å². The first-order valence-electron chi connectivity index (χ1n) is 9.96. The highest BCUT2D eigenvalue weighted by Crippen LogP contribution is 2.38. The Labute approximate surface area is 190 Å². The van der Waals surface area contributed by atoms with E-state index in [4.69, 9.17) is 11.6 Å². The highest BCUT2D eigenvalue weighted by molar-refractivity contribution is 6.30. The molecular formula is C23H17ClF6N2O. The molecule has 2 heterocycles. The average molecular weight is 487 g/mol. The Balaban J connectivity index is 1.85. The van der Waals surface area contributed by atoms with Crippen LogP contribution in [0, 0.1) is 0 Å². The maximum atomic E-state index is 13.5. The molecule has 10 heteroatoms. The van der Waals surface area contributed by atoms with Crippen LogP contribution >= 0.6 is 11.6 Å². The highest BCUT2D eigenvalue weighted by atomic mass is 35.5. The number of halogens is 7.